The molecule has 0 unspecified atom stereocenters. The van der Waals surface area contributed by atoms with Crippen LogP contribution in [0.1, 0.15) is 174 Å². The van der Waals surface area contributed by atoms with Gasteiger partial charge < -0.3 is 24.5 Å². The Morgan fingerprint density at radius 3 is 0.829 bits per heavy atom. The van der Waals surface area contributed by atoms with Crippen molar-refractivity contribution in [2.75, 3.05) is 32.0 Å². The summed E-state index contributed by atoms with van der Waals surface area (Å²) in [5.74, 6) is 0. The maximum atomic E-state index is 10.9. The molecule has 41 heavy (non-hydrogen) atoms. The average Bonchev–Trinajstić information content (AvgIpc) is 2.90. The Morgan fingerprint density at radius 2 is 0.585 bits per heavy atom. The van der Waals surface area contributed by atoms with Crippen molar-refractivity contribution in [2.45, 2.75) is 174 Å². The van der Waals surface area contributed by atoms with Gasteiger partial charge in [-0.15, -0.1) is 0 Å². The summed E-state index contributed by atoms with van der Waals surface area (Å²) in [6.45, 7) is 6.03. The van der Waals surface area contributed by atoms with Gasteiger partial charge in [-0.3, -0.25) is 9.13 Å². The predicted octanol–water partition coefficient (Wildman–Crippen LogP) is 9.81. The molecule has 0 aliphatic rings. The van der Waals surface area contributed by atoms with E-state index in [1.54, 1.807) is 0 Å². The van der Waals surface area contributed by atoms with Crippen LogP contribution in [0.2, 0.25) is 0 Å². The SMILES string of the molecule is CCCCCCCCN(CCCCCCCCCCCCP(=O)(O)O)CCCCCCCCCCCCP(=O)(O)O. The zero-order chi connectivity index (χ0) is 30.5. The molecule has 4 N–H and O–H groups in total. The Balaban J connectivity index is 3.83. The van der Waals surface area contributed by atoms with E-state index in [1.807, 2.05) is 0 Å². The van der Waals surface area contributed by atoms with E-state index in [2.05, 4.69) is 11.8 Å². The van der Waals surface area contributed by atoms with Crippen molar-refractivity contribution in [1.82, 2.24) is 4.90 Å². The van der Waals surface area contributed by atoms with Crippen LogP contribution in [0.25, 0.3) is 0 Å². The maximum Gasteiger partial charge on any atom is 0.325 e. The molecule has 0 spiro atoms. The highest BCUT2D eigenvalue weighted by Crippen LogP contribution is 2.36. The lowest BCUT2D eigenvalue weighted by molar-refractivity contribution is 0.254. The summed E-state index contributed by atoms with van der Waals surface area (Å²) in [4.78, 5) is 38.3. The zero-order valence-corrected chi connectivity index (χ0v) is 28.7. The van der Waals surface area contributed by atoms with E-state index < -0.39 is 15.2 Å². The Bertz CT molecular complexity index is 594. The Labute approximate surface area is 254 Å². The fraction of sp³-hybridized carbons (Fsp3) is 1.00. The lowest BCUT2D eigenvalue weighted by atomic mass is 10.1. The van der Waals surface area contributed by atoms with Crippen LogP contribution in [-0.4, -0.2) is 56.4 Å². The van der Waals surface area contributed by atoms with Gasteiger partial charge in [0.25, 0.3) is 0 Å². The summed E-state index contributed by atoms with van der Waals surface area (Å²) in [7, 11) is -7.61. The zero-order valence-electron chi connectivity index (χ0n) is 26.9. The molecule has 0 aromatic carbocycles. The highest BCUT2D eigenvalue weighted by Gasteiger charge is 2.12. The first-order valence-corrected chi connectivity index (χ1v) is 21.0. The van der Waals surface area contributed by atoms with E-state index in [4.69, 9.17) is 19.6 Å². The number of rotatable bonds is 33. The van der Waals surface area contributed by atoms with Gasteiger partial charge in [0.15, 0.2) is 0 Å². The molecular formula is C32H69NO6P2. The van der Waals surface area contributed by atoms with Gasteiger partial charge in [0.1, 0.15) is 0 Å². The van der Waals surface area contributed by atoms with Crippen LogP contribution in [0.3, 0.4) is 0 Å². The molecule has 0 radical (unpaired) electrons. The van der Waals surface area contributed by atoms with E-state index in [0.717, 1.165) is 25.7 Å². The Morgan fingerprint density at radius 1 is 0.366 bits per heavy atom. The van der Waals surface area contributed by atoms with Crippen molar-refractivity contribution >= 4 is 15.2 Å². The van der Waals surface area contributed by atoms with Crippen molar-refractivity contribution in [1.29, 1.82) is 0 Å². The highest BCUT2D eigenvalue weighted by molar-refractivity contribution is 7.52. The highest BCUT2D eigenvalue weighted by atomic mass is 31.2. The molecule has 0 aliphatic carbocycles. The van der Waals surface area contributed by atoms with Crippen LogP contribution in [0, 0.1) is 0 Å². The third kappa shape index (κ3) is 36.4. The molecule has 0 fully saturated rings. The van der Waals surface area contributed by atoms with E-state index in [9.17, 15) is 9.13 Å². The molecule has 0 atom stereocenters. The van der Waals surface area contributed by atoms with Crippen molar-refractivity contribution in [3.63, 3.8) is 0 Å². The molecule has 7 nitrogen and oxygen atoms in total. The van der Waals surface area contributed by atoms with Crippen LogP contribution in [0.4, 0.5) is 0 Å². The molecule has 0 saturated heterocycles. The minimum absolute atomic E-state index is 0.0395. The quantitative estimate of drug-likeness (QED) is 0.0423. The van der Waals surface area contributed by atoms with Crippen LogP contribution in [-0.2, 0) is 9.13 Å². The first-order valence-electron chi connectivity index (χ1n) is 17.5. The molecule has 0 aromatic heterocycles. The number of unbranched alkanes of at least 4 members (excludes halogenated alkanes) is 23. The fourth-order valence-electron chi connectivity index (χ4n) is 5.59. The van der Waals surface area contributed by atoms with Gasteiger partial charge in [-0.1, -0.05) is 142 Å². The van der Waals surface area contributed by atoms with Gasteiger partial charge in [0, 0.05) is 12.3 Å². The summed E-state index contributed by atoms with van der Waals surface area (Å²) in [5, 5.41) is 0. The first kappa shape index (κ1) is 41.3. The van der Waals surface area contributed by atoms with Crippen molar-refractivity contribution in [3.05, 3.63) is 0 Å². The first-order chi connectivity index (χ1) is 19.6. The van der Waals surface area contributed by atoms with Crippen LogP contribution in [0.5, 0.6) is 0 Å². The van der Waals surface area contributed by atoms with Crippen LogP contribution >= 0.6 is 15.2 Å². The molecule has 0 amide bonds. The van der Waals surface area contributed by atoms with E-state index in [1.165, 1.54) is 148 Å². The molecule has 0 aromatic rings. The van der Waals surface area contributed by atoms with Gasteiger partial charge in [0.2, 0.25) is 0 Å². The summed E-state index contributed by atoms with van der Waals surface area (Å²) in [5.41, 5.74) is 0. The third-order valence-electron chi connectivity index (χ3n) is 8.18. The standard InChI is InChI=1S/C32H69NO6P2/c1-2-3-4-5-18-23-28-33(29-24-19-14-10-6-8-12-16-21-26-31-40(34,35)36)30-25-20-15-11-7-9-13-17-22-27-32-41(37,38)39/h2-32H2,1H3,(H2,34,35,36)(H2,37,38,39). The van der Waals surface area contributed by atoms with Gasteiger partial charge in [-0.05, 0) is 51.7 Å². The summed E-state index contributed by atoms with van der Waals surface area (Å²) in [6.07, 6.45) is 31.6. The summed E-state index contributed by atoms with van der Waals surface area (Å²) in [6, 6.07) is 0. The third-order valence-corrected chi connectivity index (χ3v) is 9.97. The molecule has 9 heteroatoms. The average molecular weight is 626 g/mol. The van der Waals surface area contributed by atoms with E-state index in [0.29, 0.717) is 12.8 Å². The molecule has 0 saturated carbocycles. The molecule has 0 bridgehead atoms. The Kier molecular flexibility index (Phi) is 29.2. The van der Waals surface area contributed by atoms with Gasteiger partial charge in [-0.2, -0.15) is 0 Å². The molecule has 0 heterocycles. The molecular weight excluding hydrogens is 556 g/mol. The Hall–Kier alpha value is 0.260. The topological polar surface area (TPSA) is 118 Å². The van der Waals surface area contributed by atoms with Crippen LogP contribution in [0.15, 0.2) is 0 Å². The van der Waals surface area contributed by atoms with Gasteiger partial charge in [0.05, 0.1) is 0 Å². The molecule has 0 rings (SSSR count). The summed E-state index contributed by atoms with van der Waals surface area (Å²) >= 11 is 0. The predicted molar refractivity (Wildman–Crippen MR) is 176 cm³/mol. The maximum absolute atomic E-state index is 10.9. The van der Waals surface area contributed by atoms with Gasteiger partial charge >= 0.3 is 15.2 Å². The lowest BCUT2D eigenvalue weighted by Crippen LogP contribution is -2.27. The smallest absolute Gasteiger partial charge is 0.324 e. The van der Waals surface area contributed by atoms with E-state index in [-0.39, 0.29) is 12.3 Å². The minimum atomic E-state index is -3.80. The second kappa shape index (κ2) is 29.0. The van der Waals surface area contributed by atoms with E-state index >= 15 is 0 Å². The number of nitrogens with zero attached hydrogens (tertiary/aromatic N) is 1. The number of hydrogen-bond acceptors (Lipinski definition) is 3. The normalized spacial score (nSPS) is 12.5. The fourth-order valence-corrected chi connectivity index (χ4v) is 6.86. The summed E-state index contributed by atoms with van der Waals surface area (Å²) < 4.78 is 21.7. The monoisotopic (exact) mass is 625 g/mol. The van der Waals surface area contributed by atoms with Crippen molar-refractivity contribution < 1.29 is 28.7 Å². The molecule has 0 aliphatic heterocycles. The number of hydrogen-bond donors (Lipinski definition) is 4. The lowest BCUT2D eigenvalue weighted by Gasteiger charge is -2.22. The van der Waals surface area contributed by atoms with Crippen molar-refractivity contribution in [2.24, 2.45) is 0 Å². The van der Waals surface area contributed by atoms with Gasteiger partial charge in [-0.25, -0.2) is 0 Å². The molecule has 248 valence electrons. The van der Waals surface area contributed by atoms with Crippen LogP contribution < -0.4 is 0 Å². The van der Waals surface area contributed by atoms with Crippen molar-refractivity contribution in [3.8, 4) is 0 Å². The minimum Gasteiger partial charge on any atom is -0.324 e. The largest absolute Gasteiger partial charge is 0.325 e. The second-order valence-corrected chi connectivity index (χ2v) is 16.0. The second-order valence-electron chi connectivity index (χ2n) is 12.5.